The molecule has 164 valence electrons. The molecule has 0 aliphatic carbocycles. The Morgan fingerprint density at radius 3 is 2.55 bits per heavy atom. The van der Waals surface area contributed by atoms with Gasteiger partial charge >= 0.3 is 5.76 Å². The number of aromatic nitrogens is 1. The van der Waals surface area contributed by atoms with Crippen LogP contribution >= 0.6 is 0 Å². The van der Waals surface area contributed by atoms with Crippen molar-refractivity contribution in [1.29, 1.82) is 0 Å². The number of nitrogens with one attached hydrogen (secondary N) is 2. The number of carbonyl (C=O) groups excluding carboxylic acids is 2. The summed E-state index contributed by atoms with van der Waals surface area (Å²) >= 11 is 0. The number of fused-ring (bicyclic) bond motifs is 1. The molecule has 8 nitrogen and oxygen atoms in total. The van der Waals surface area contributed by atoms with Gasteiger partial charge in [0.05, 0.1) is 12.1 Å². The summed E-state index contributed by atoms with van der Waals surface area (Å²) in [5.74, 6) is -0.674. The molecule has 0 saturated carbocycles. The Labute approximate surface area is 180 Å². The molecule has 8 heteroatoms. The number of carbonyl (C=O) groups is 2. The molecule has 0 saturated heterocycles. The molecule has 0 aliphatic heterocycles. The zero-order valence-corrected chi connectivity index (χ0v) is 17.6. The summed E-state index contributed by atoms with van der Waals surface area (Å²) in [4.78, 5) is 36.2. The van der Waals surface area contributed by atoms with Crippen LogP contribution in [0, 0.1) is 0 Å². The molecule has 0 unspecified atom stereocenters. The second kappa shape index (κ2) is 11.0. The average molecular weight is 425 g/mol. The van der Waals surface area contributed by atoms with E-state index in [2.05, 4.69) is 17.8 Å². The van der Waals surface area contributed by atoms with Crippen LogP contribution in [0.4, 0.5) is 0 Å². The Morgan fingerprint density at radius 2 is 1.77 bits per heavy atom. The minimum absolute atomic E-state index is 0.00846. The van der Waals surface area contributed by atoms with Crippen molar-refractivity contribution in [2.24, 2.45) is 0 Å². The predicted molar refractivity (Wildman–Crippen MR) is 117 cm³/mol. The second-order valence-corrected chi connectivity index (χ2v) is 7.17. The van der Waals surface area contributed by atoms with Gasteiger partial charge in [-0.3, -0.25) is 25.0 Å². The summed E-state index contributed by atoms with van der Waals surface area (Å²) in [6, 6.07) is 13.7. The van der Waals surface area contributed by atoms with E-state index in [4.69, 9.17) is 9.15 Å². The van der Waals surface area contributed by atoms with Crippen molar-refractivity contribution < 1.29 is 18.7 Å². The van der Waals surface area contributed by atoms with E-state index < -0.39 is 17.6 Å². The van der Waals surface area contributed by atoms with Gasteiger partial charge < -0.3 is 9.15 Å². The van der Waals surface area contributed by atoms with E-state index in [1.165, 1.54) is 17.4 Å². The fourth-order valence-electron chi connectivity index (χ4n) is 3.12. The third kappa shape index (κ3) is 6.21. The number of amides is 2. The summed E-state index contributed by atoms with van der Waals surface area (Å²) in [6.07, 6.45) is 4.53. The number of nitrogens with zero attached hydrogens (tertiary/aromatic N) is 1. The van der Waals surface area contributed by atoms with Gasteiger partial charge in [-0.1, -0.05) is 38.3 Å². The van der Waals surface area contributed by atoms with Crippen molar-refractivity contribution in [2.45, 2.75) is 45.6 Å². The lowest BCUT2D eigenvalue weighted by Crippen LogP contribution is -2.42. The van der Waals surface area contributed by atoms with Crippen molar-refractivity contribution in [2.75, 3.05) is 6.61 Å². The van der Waals surface area contributed by atoms with E-state index in [0.29, 0.717) is 29.0 Å². The average Bonchev–Trinajstić information content (AvgIpc) is 3.11. The molecular weight excluding hydrogens is 398 g/mol. The molecule has 0 aliphatic rings. The van der Waals surface area contributed by atoms with Crippen LogP contribution in [0.5, 0.6) is 5.75 Å². The molecular formula is C23H27N3O5. The smallest absolute Gasteiger partial charge is 0.419 e. The monoisotopic (exact) mass is 425 g/mol. The SMILES string of the molecule is CCCCCCOc1ccc(C(=O)NNC(=O)CCn2c(=O)oc3ccccc32)cc1. The van der Waals surface area contributed by atoms with Crippen molar-refractivity contribution in [1.82, 2.24) is 15.4 Å². The van der Waals surface area contributed by atoms with Gasteiger partial charge in [0.25, 0.3) is 5.91 Å². The predicted octanol–water partition coefficient (Wildman–Crippen LogP) is 3.40. The highest BCUT2D eigenvalue weighted by Gasteiger charge is 2.11. The van der Waals surface area contributed by atoms with Crippen molar-refractivity contribution >= 4 is 22.9 Å². The zero-order valence-electron chi connectivity index (χ0n) is 17.6. The van der Waals surface area contributed by atoms with E-state index in [-0.39, 0.29) is 13.0 Å². The van der Waals surface area contributed by atoms with Gasteiger partial charge in [-0.25, -0.2) is 4.79 Å². The van der Waals surface area contributed by atoms with Gasteiger partial charge in [0.15, 0.2) is 5.58 Å². The van der Waals surface area contributed by atoms with Crippen molar-refractivity contribution in [3.05, 3.63) is 64.6 Å². The Hall–Kier alpha value is -3.55. The molecule has 1 aromatic heterocycles. The number of unbranched alkanes of at least 4 members (excludes halogenated alkanes) is 3. The van der Waals surface area contributed by atoms with Gasteiger partial charge in [0.1, 0.15) is 5.75 Å². The summed E-state index contributed by atoms with van der Waals surface area (Å²) in [6.45, 7) is 2.95. The third-order valence-corrected chi connectivity index (χ3v) is 4.83. The molecule has 31 heavy (non-hydrogen) atoms. The van der Waals surface area contributed by atoms with Crippen LogP contribution in [0.2, 0.25) is 0 Å². The molecule has 0 spiro atoms. The van der Waals surface area contributed by atoms with Crippen molar-refractivity contribution in [3.8, 4) is 5.75 Å². The molecule has 0 atom stereocenters. The van der Waals surface area contributed by atoms with Crippen molar-refractivity contribution in [3.63, 3.8) is 0 Å². The highest BCUT2D eigenvalue weighted by molar-refractivity contribution is 5.95. The van der Waals surface area contributed by atoms with E-state index in [0.717, 1.165) is 12.8 Å². The number of aryl methyl sites for hydroxylation is 1. The first-order chi connectivity index (χ1) is 15.1. The maximum atomic E-state index is 12.2. The number of rotatable bonds is 10. The lowest BCUT2D eigenvalue weighted by Gasteiger charge is -2.09. The largest absolute Gasteiger partial charge is 0.494 e. The maximum Gasteiger partial charge on any atom is 0.419 e. The minimum Gasteiger partial charge on any atom is -0.494 e. The Morgan fingerprint density at radius 1 is 1.00 bits per heavy atom. The third-order valence-electron chi connectivity index (χ3n) is 4.83. The van der Waals surface area contributed by atoms with E-state index in [9.17, 15) is 14.4 Å². The molecule has 3 rings (SSSR count). The zero-order chi connectivity index (χ0) is 22.1. The summed E-state index contributed by atoms with van der Waals surface area (Å²) in [5.41, 5.74) is 6.23. The summed E-state index contributed by atoms with van der Waals surface area (Å²) < 4.78 is 12.2. The van der Waals surface area contributed by atoms with Crippen LogP contribution < -0.4 is 21.3 Å². The van der Waals surface area contributed by atoms with E-state index in [1.54, 1.807) is 48.5 Å². The van der Waals surface area contributed by atoms with Crippen LogP contribution in [0.15, 0.2) is 57.7 Å². The van der Waals surface area contributed by atoms with Crippen LogP contribution in [0.1, 0.15) is 49.4 Å². The second-order valence-electron chi connectivity index (χ2n) is 7.17. The molecule has 2 N–H and O–H groups in total. The normalized spacial score (nSPS) is 10.7. The van der Waals surface area contributed by atoms with Gasteiger partial charge in [0.2, 0.25) is 5.91 Å². The quantitative estimate of drug-likeness (QED) is 0.383. The van der Waals surface area contributed by atoms with E-state index in [1.807, 2.05) is 0 Å². The first-order valence-corrected chi connectivity index (χ1v) is 10.5. The molecule has 0 fully saturated rings. The lowest BCUT2D eigenvalue weighted by atomic mass is 10.2. The molecule has 2 amide bonds. The number of para-hydroxylation sites is 2. The number of ether oxygens (including phenoxy) is 1. The minimum atomic E-state index is -0.522. The van der Waals surface area contributed by atoms with Gasteiger partial charge in [0, 0.05) is 18.5 Å². The van der Waals surface area contributed by atoms with Crippen LogP contribution in [0.25, 0.3) is 11.1 Å². The topological polar surface area (TPSA) is 103 Å². The van der Waals surface area contributed by atoms with Gasteiger partial charge in [-0.2, -0.15) is 0 Å². The summed E-state index contributed by atoms with van der Waals surface area (Å²) in [5, 5.41) is 0. The molecule has 2 aromatic carbocycles. The maximum absolute atomic E-state index is 12.2. The number of hydrogen-bond acceptors (Lipinski definition) is 5. The number of hydrazine groups is 1. The fourth-order valence-corrected chi connectivity index (χ4v) is 3.12. The molecule has 0 radical (unpaired) electrons. The van der Waals surface area contributed by atoms with Crippen LogP contribution in [-0.4, -0.2) is 23.0 Å². The van der Waals surface area contributed by atoms with Gasteiger partial charge in [-0.05, 0) is 42.8 Å². The van der Waals surface area contributed by atoms with E-state index >= 15 is 0 Å². The Balaban J connectivity index is 1.43. The Kier molecular flexibility index (Phi) is 7.86. The highest BCUT2D eigenvalue weighted by Crippen LogP contribution is 2.13. The first-order valence-electron chi connectivity index (χ1n) is 10.5. The molecule has 1 heterocycles. The highest BCUT2D eigenvalue weighted by atomic mass is 16.5. The number of hydrogen-bond donors (Lipinski definition) is 2. The Bertz CT molecular complexity index is 1070. The lowest BCUT2D eigenvalue weighted by molar-refractivity contribution is -0.122. The standard InChI is InChI=1S/C23H27N3O5/c1-2-3-4-7-16-30-18-12-10-17(11-13-18)22(28)25-24-21(27)14-15-26-19-8-5-6-9-20(19)31-23(26)29/h5-6,8-13H,2-4,7,14-16H2,1H3,(H,24,27)(H,25,28). The van der Waals surface area contributed by atoms with Gasteiger partial charge in [-0.15, -0.1) is 0 Å². The number of oxazole rings is 1. The number of benzene rings is 2. The fraction of sp³-hybridized carbons (Fsp3) is 0.348. The van der Waals surface area contributed by atoms with Crippen LogP contribution in [-0.2, 0) is 11.3 Å². The summed E-state index contributed by atoms with van der Waals surface area (Å²) in [7, 11) is 0. The first kappa shape index (κ1) is 22.1. The van der Waals surface area contributed by atoms with Crippen LogP contribution in [0.3, 0.4) is 0 Å². The molecule has 0 bridgehead atoms. The molecule has 3 aromatic rings.